The zero-order valence-corrected chi connectivity index (χ0v) is 12.5. The highest BCUT2D eigenvalue weighted by atomic mass is 16.6. The number of nitrogens with one attached hydrogen (secondary N) is 1. The van der Waals surface area contributed by atoms with E-state index in [1.54, 1.807) is 0 Å². The maximum Gasteiger partial charge on any atom is 0.408 e. The van der Waals surface area contributed by atoms with Crippen LogP contribution in [0.5, 0.6) is 0 Å². The second-order valence-electron chi connectivity index (χ2n) is 5.86. The molecule has 0 aliphatic rings. The number of hydrogen-bond acceptors (Lipinski definition) is 4. The fraction of sp³-hybridized carbons (Fsp3) is 0.500. The fourth-order valence-corrected chi connectivity index (χ4v) is 1.83. The number of rotatable bonds is 2. The quantitative estimate of drug-likeness (QED) is 0.915. The predicted molar refractivity (Wildman–Crippen MR) is 75.5 cm³/mol. The largest absolute Gasteiger partial charge is 0.442 e. The van der Waals surface area contributed by atoms with E-state index in [1.807, 2.05) is 57.3 Å². The van der Waals surface area contributed by atoms with Gasteiger partial charge >= 0.3 is 6.09 Å². The van der Waals surface area contributed by atoms with Gasteiger partial charge in [0.25, 0.3) is 0 Å². The van der Waals surface area contributed by atoms with Gasteiger partial charge in [-0.2, -0.15) is 0 Å². The standard InChI is InChI=1S/C14H20N4O2/c1-9(20-13(19)15-14(3,4)5)11-6-7-12-17-16-10(2)18(12)8-11/h6-9H,1-5H3,(H,15,19). The molecule has 2 aromatic heterocycles. The first-order chi connectivity index (χ1) is 9.26. The molecule has 0 fully saturated rings. The summed E-state index contributed by atoms with van der Waals surface area (Å²) >= 11 is 0. The van der Waals surface area contributed by atoms with Crippen molar-refractivity contribution in [3.05, 3.63) is 29.7 Å². The van der Waals surface area contributed by atoms with E-state index in [4.69, 9.17) is 4.74 Å². The number of nitrogens with zero attached hydrogens (tertiary/aromatic N) is 3. The van der Waals surface area contributed by atoms with Gasteiger partial charge in [0.15, 0.2) is 5.65 Å². The average Bonchev–Trinajstić information content (AvgIpc) is 2.68. The Labute approximate surface area is 118 Å². The summed E-state index contributed by atoms with van der Waals surface area (Å²) in [5.74, 6) is 0.799. The van der Waals surface area contributed by atoms with Crippen LogP contribution in [0, 0.1) is 6.92 Å². The van der Waals surface area contributed by atoms with Crippen LogP contribution in [-0.2, 0) is 4.74 Å². The van der Waals surface area contributed by atoms with E-state index in [1.165, 1.54) is 0 Å². The minimum atomic E-state index is -0.425. The number of alkyl carbamates (subject to hydrolysis) is 1. The van der Waals surface area contributed by atoms with Crippen LogP contribution in [0.2, 0.25) is 0 Å². The van der Waals surface area contributed by atoms with E-state index in [2.05, 4.69) is 15.5 Å². The zero-order chi connectivity index (χ0) is 14.9. The van der Waals surface area contributed by atoms with Gasteiger partial charge in [0.1, 0.15) is 11.9 Å². The SMILES string of the molecule is Cc1nnc2ccc(C(C)OC(=O)NC(C)(C)C)cn12. The number of carbonyl (C=O) groups is 1. The van der Waals surface area contributed by atoms with Gasteiger partial charge in [-0.1, -0.05) is 6.07 Å². The van der Waals surface area contributed by atoms with Crippen molar-refractivity contribution >= 4 is 11.7 Å². The lowest BCUT2D eigenvalue weighted by Gasteiger charge is -2.22. The topological polar surface area (TPSA) is 68.5 Å². The highest BCUT2D eigenvalue weighted by molar-refractivity contribution is 5.68. The molecule has 0 aliphatic carbocycles. The van der Waals surface area contributed by atoms with Crippen LogP contribution < -0.4 is 5.32 Å². The van der Waals surface area contributed by atoms with Crippen molar-refractivity contribution in [2.24, 2.45) is 0 Å². The minimum Gasteiger partial charge on any atom is -0.442 e. The molecule has 2 rings (SSSR count). The summed E-state index contributed by atoms with van der Waals surface area (Å²) < 4.78 is 7.25. The van der Waals surface area contributed by atoms with Crippen molar-refractivity contribution in [2.75, 3.05) is 0 Å². The van der Waals surface area contributed by atoms with Crippen LogP contribution >= 0.6 is 0 Å². The predicted octanol–water partition coefficient (Wildman–Crippen LogP) is 2.62. The van der Waals surface area contributed by atoms with Gasteiger partial charge in [-0.25, -0.2) is 4.79 Å². The van der Waals surface area contributed by atoms with E-state index in [0.717, 1.165) is 17.0 Å². The molecule has 0 aromatic carbocycles. The number of amides is 1. The van der Waals surface area contributed by atoms with Crippen molar-refractivity contribution < 1.29 is 9.53 Å². The molecule has 0 saturated heterocycles. The molecular formula is C14H20N4O2. The Morgan fingerprint density at radius 3 is 2.70 bits per heavy atom. The molecule has 1 amide bonds. The Bertz CT molecular complexity index is 628. The Kier molecular flexibility index (Phi) is 3.65. The third-order valence-electron chi connectivity index (χ3n) is 2.83. The van der Waals surface area contributed by atoms with Crippen LogP contribution in [0.4, 0.5) is 4.79 Å². The second-order valence-corrected chi connectivity index (χ2v) is 5.86. The van der Waals surface area contributed by atoms with E-state index in [-0.39, 0.29) is 11.6 Å². The summed E-state index contributed by atoms with van der Waals surface area (Å²) in [4.78, 5) is 11.8. The molecule has 0 bridgehead atoms. The second kappa shape index (κ2) is 5.11. The molecule has 0 saturated carbocycles. The normalized spacial score (nSPS) is 13.2. The first-order valence-corrected chi connectivity index (χ1v) is 6.56. The molecule has 1 atom stereocenters. The van der Waals surface area contributed by atoms with Crippen LogP contribution in [0.25, 0.3) is 5.65 Å². The lowest BCUT2D eigenvalue weighted by Crippen LogP contribution is -2.41. The summed E-state index contributed by atoms with van der Waals surface area (Å²) in [5.41, 5.74) is 1.35. The van der Waals surface area contributed by atoms with Crippen LogP contribution in [0.15, 0.2) is 18.3 Å². The summed E-state index contributed by atoms with van der Waals surface area (Å²) in [7, 11) is 0. The number of pyridine rings is 1. The lowest BCUT2D eigenvalue weighted by molar-refractivity contribution is 0.0998. The molecule has 2 aromatic rings. The molecule has 6 heteroatoms. The van der Waals surface area contributed by atoms with E-state index in [9.17, 15) is 4.79 Å². The van der Waals surface area contributed by atoms with Crippen molar-refractivity contribution in [3.8, 4) is 0 Å². The van der Waals surface area contributed by atoms with Gasteiger partial charge in [-0.15, -0.1) is 10.2 Å². The highest BCUT2D eigenvalue weighted by Gasteiger charge is 2.18. The molecule has 108 valence electrons. The van der Waals surface area contributed by atoms with Crippen LogP contribution in [0.3, 0.4) is 0 Å². The van der Waals surface area contributed by atoms with Gasteiger partial charge in [-0.3, -0.25) is 4.40 Å². The molecule has 1 unspecified atom stereocenters. The van der Waals surface area contributed by atoms with Crippen molar-refractivity contribution in [3.63, 3.8) is 0 Å². The van der Waals surface area contributed by atoms with Crippen molar-refractivity contribution in [2.45, 2.75) is 46.3 Å². The number of carbonyl (C=O) groups excluding carboxylic acids is 1. The molecule has 2 heterocycles. The number of aromatic nitrogens is 3. The number of ether oxygens (including phenoxy) is 1. The molecule has 6 nitrogen and oxygen atoms in total. The Morgan fingerprint density at radius 1 is 1.35 bits per heavy atom. The van der Waals surface area contributed by atoms with E-state index in [0.29, 0.717) is 0 Å². The first kappa shape index (κ1) is 14.3. The maximum absolute atomic E-state index is 11.8. The Morgan fingerprint density at radius 2 is 2.05 bits per heavy atom. The molecule has 1 N–H and O–H groups in total. The summed E-state index contributed by atoms with van der Waals surface area (Å²) in [6.07, 6.45) is 1.12. The lowest BCUT2D eigenvalue weighted by atomic mass is 10.1. The van der Waals surface area contributed by atoms with Crippen LogP contribution in [0.1, 0.15) is 45.2 Å². The molecular weight excluding hydrogens is 256 g/mol. The van der Waals surface area contributed by atoms with Gasteiger partial charge in [0.05, 0.1) is 0 Å². The van der Waals surface area contributed by atoms with Crippen LogP contribution in [-0.4, -0.2) is 26.2 Å². The maximum atomic E-state index is 11.8. The number of fused-ring (bicyclic) bond motifs is 1. The van der Waals surface area contributed by atoms with E-state index < -0.39 is 6.09 Å². The smallest absolute Gasteiger partial charge is 0.408 e. The van der Waals surface area contributed by atoms with E-state index >= 15 is 0 Å². The first-order valence-electron chi connectivity index (χ1n) is 6.56. The monoisotopic (exact) mass is 276 g/mol. The molecule has 0 radical (unpaired) electrons. The zero-order valence-electron chi connectivity index (χ0n) is 12.5. The third-order valence-corrected chi connectivity index (χ3v) is 2.83. The molecule has 20 heavy (non-hydrogen) atoms. The number of hydrogen-bond donors (Lipinski definition) is 1. The minimum absolute atomic E-state index is 0.314. The van der Waals surface area contributed by atoms with Gasteiger partial charge in [-0.05, 0) is 40.7 Å². The van der Waals surface area contributed by atoms with Crippen molar-refractivity contribution in [1.82, 2.24) is 19.9 Å². The van der Waals surface area contributed by atoms with Gasteiger partial charge in [0, 0.05) is 17.3 Å². The third kappa shape index (κ3) is 3.26. The Balaban J connectivity index is 2.12. The average molecular weight is 276 g/mol. The summed E-state index contributed by atoms with van der Waals surface area (Å²) in [6, 6.07) is 3.75. The van der Waals surface area contributed by atoms with Crippen molar-refractivity contribution in [1.29, 1.82) is 0 Å². The summed E-state index contributed by atoms with van der Waals surface area (Å²) in [6.45, 7) is 9.44. The summed E-state index contributed by atoms with van der Waals surface area (Å²) in [5, 5.41) is 10.8. The Hall–Kier alpha value is -2.11. The molecule has 0 aliphatic heterocycles. The van der Waals surface area contributed by atoms with Gasteiger partial charge in [0.2, 0.25) is 0 Å². The molecule has 0 spiro atoms. The highest BCUT2D eigenvalue weighted by Crippen LogP contribution is 2.18. The fourth-order valence-electron chi connectivity index (χ4n) is 1.83. The number of aryl methyl sites for hydroxylation is 1. The van der Waals surface area contributed by atoms with Gasteiger partial charge < -0.3 is 10.1 Å².